The first-order chi connectivity index (χ1) is 13.1. The molecule has 0 atom stereocenters. The van der Waals surface area contributed by atoms with Crippen molar-refractivity contribution in [2.24, 2.45) is 0 Å². The number of para-hydroxylation sites is 2. The van der Waals surface area contributed by atoms with Crippen LogP contribution in [0.4, 0.5) is 5.69 Å². The van der Waals surface area contributed by atoms with Gasteiger partial charge in [-0.05, 0) is 59.9 Å². The van der Waals surface area contributed by atoms with Gasteiger partial charge in [0.15, 0.2) is 0 Å². The molecule has 0 bridgehead atoms. The lowest BCUT2D eigenvalue weighted by Gasteiger charge is -2.29. The number of aryl methyl sites for hydroxylation is 3. The number of rotatable bonds is 4. The number of hydrogen-bond acceptors (Lipinski definition) is 5. The highest BCUT2D eigenvalue weighted by atomic mass is 32.2. The summed E-state index contributed by atoms with van der Waals surface area (Å²) in [4.78, 5) is 14.8. The third-order valence-electron chi connectivity index (χ3n) is 4.83. The van der Waals surface area contributed by atoms with Crippen molar-refractivity contribution in [2.45, 2.75) is 31.8 Å². The van der Waals surface area contributed by atoms with Gasteiger partial charge in [0.05, 0.1) is 11.4 Å². The first-order valence-electron chi connectivity index (χ1n) is 9.01. The van der Waals surface area contributed by atoms with E-state index in [2.05, 4.69) is 21.6 Å². The van der Waals surface area contributed by atoms with E-state index in [0.717, 1.165) is 41.9 Å². The fourth-order valence-corrected chi connectivity index (χ4v) is 4.30. The maximum atomic E-state index is 12.9. The Morgan fingerprint density at radius 3 is 2.70 bits per heavy atom. The summed E-state index contributed by atoms with van der Waals surface area (Å²) in [7, 11) is 0. The van der Waals surface area contributed by atoms with Crippen LogP contribution < -0.4 is 4.90 Å². The fraction of sp³-hybridized carbons (Fsp3) is 0.300. The lowest BCUT2D eigenvalue weighted by atomic mass is 10.0. The van der Waals surface area contributed by atoms with Crippen molar-refractivity contribution in [3.63, 3.8) is 0 Å². The van der Waals surface area contributed by atoms with Crippen LogP contribution in [0.2, 0.25) is 0 Å². The number of amides is 1. The molecular formula is C20H21N5OS. The summed E-state index contributed by atoms with van der Waals surface area (Å²) >= 11 is 1.38. The Balaban J connectivity index is 1.53. The number of anilines is 1. The normalized spacial score (nSPS) is 13.5. The molecule has 1 aliphatic rings. The molecule has 0 unspecified atom stereocenters. The van der Waals surface area contributed by atoms with Crippen molar-refractivity contribution >= 4 is 23.4 Å². The van der Waals surface area contributed by atoms with Gasteiger partial charge >= 0.3 is 0 Å². The Hall–Kier alpha value is -2.67. The van der Waals surface area contributed by atoms with Gasteiger partial charge in [0.25, 0.3) is 0 Å². The molecule has 0 radical (unpaired) electrons. The minimum atomic E-state index is 0.0863. The quantitative estimate of drug-likeness (QED) is 0.651. The van der Waals surface area contributed by atoms with Crippen molar-refractivity contribution in [1.29, 1.82) is 0 Å². The SMILES string of the molecule is Cc1cccc(C)c1-n1nnnc1SCC(=O)N1CCCc2ccccc21. The summed E-state index contributed by atoms with van der Waals surface area (Å²) < 4.78 is 1.73. The van der Waals surface area contributed by atoms with E-state index >= 15 is 0 Å². The van der Waals surface area contributed by atoms with Crippen LogP contribution in [0.5, 0.6) is 0 Å². The lowest BCUT2D eigenvalue weighted by Crippen LogP contribution is -2.36. The summed E-state index contributed by atoms with van der Waals surface area (Å²) in [6.07, 6.45) is 2.02. The molecule has 138 valence electrons. The number of thioether (sulfide) groups is 1. The van der Waals surface area contributed by atoms with Gasteiger partial charge in [0.2, 0.25) is 11.1 Å². The number of tetrazole rings is 1. The van der Waals surface area contributed by atoms with Crippen LogP contribution in [0, 0.1) is 13.8 Å². The zero-order chi connectivity index (χ0) is 18.8. The van der Waals surface area contributed by atoms with Crippen LogP contribution >= 0.6 is 11.8 Å². The van der Waals surface area contributed by atoms with E-state index in [1.54, 1.807) is 4.68 Å². The summed E-state index contributed by atoms with van der Waals surface area (Å²) in [5, 5.41) is 12.7. The molecule has 1 aromatic heterocycles. The van der Waals surface area contributed by atoms with E-state index in [9.17, 15) is 4.79 Å². The summed E-state index contributed by atoms with van der Waals surface area (Å²) in [5.74, 6) is 0.391. The average molecular weight is 379 g/mol. The largest absolute Gasteiger partial charge is 0.311 e. The van der Waals surface area contributed by atoms with E-state index in [-0.39, 0.29) is 5.91 Å². The maximum Gasteiger partial charge on any atom is 0.237 e. The van der Waals surface area contributed by atoms with Crippen LogP contribution in [-0.4, -0.2) is 38.4 Å². The Labute approximate surface area is 162 Å². The predicted molar refractivity (Wildman–Crippen MR) is 106 cm³/mol. The molecule has 6 nitrogen and oxygen atoms in total. The smallest absolute Gasteiger partial charge is 0.237 e. The topological polar surface area (TPSA) is 63.9 Å². The van der Waals surface area contributed by atoms with Gasteiger partial charge in [-0.25, -0.2) is 0 Å². The first-order valence-corrected chi connectivity index (χ1v) is 10.00. The molecule has 0 fully saturated rings. The second kappa shape index (κ2) is 7.52. The van der Waals surface area contributed by atoms with E-state index in [0.29, 0.717) is 10.9 Å². The summed E-state index contributed by atoms with van der Waals surface area (Å²) in [5.41, 5.74) is 5.44. The highest BCUT2D eigenvalue weighted by Gasteiger charge is 2.23. The summed E-state index contributed by atoms with van der Waals surface area (Å²) in [6.45, 7) is 4.83. The maximum absolute atomic E-state index is 12.9. The van der Waals surface area contributed by atoms with Gasteiger partial charge in [-0.15, -0.1) is 5.10 Å². The third kappa shape index (κ3) is 3.47. The van der Waals surface area contributed by atoms with Crippen molar-refractivity contribution in [1.82, 2.24) is 20.2 Å². The van der Waals surface area contributed by atoms with E-state index in [1.165, 1.54) is 17.3 Å². The second-order valence-electron chi connectivity index (χ2n) is 6.68. The molecule has 7 heteroatoms. The Kier molecular flexibility index (Phi) is 4.94. The van der Waals surface area contributed by atoms with Crippen LogP contribution in [0.15, 0.2) is 47.6 Å². The van der Waals surface area contributed by atoms with Crippen LogP contribution in [0.1, 0.15) is 23.1 Å². The molecule has 2 aromatic carbocycles. The highest BCUT2D eigenvalue weighted by molar-refractivity contribution is 7.99. The van der Waals surface area contributed by atoms with Crippen molar-refractivity contribution in [3.8, 4) is 5.69 Å². The van der Waals surface area contributed by atoms with Crippen LogP contribution in [-0.2, 0) is 11.2 Å². The third-order valence-corrected chi connectivity index (χ3v) is 5.73. The lowest BCUT2D eigenvalue weighted by molar-refractivity contribution is -0.116. The minimum absolute atomic E-state index is 0.0863. The molecule has 0 saturated heterocycles. The summed E-state index contributed by atoms with van der Waals surface area (Å²) in [6, 6.07) is 14.2. The molecule has 1 aliphatic heterocycles. The Morgan fingerprint density at radius 2 is 1.89 bits per heavy atom. The number of fused-ring (bicyclic) bond motifs is 1. The van der Waals surface area contributed by atoms with Gasteiger partial charge in [-0.3, -0.25) is 4.79 Å². The molecule has 1 amide bonds. The Morgan fingerprint density at radius 1 is 1.11 bits per heavy atom. The van der Waals surface area contributed by atoms with Crippen molar-refractivity contribution in [3.05, 3.63) is 59.2 Å². The van der Waals surface area contributed by atoms with E-state index < -0.39 is 0 Å². The average Bonchev–Trinajstić information content (AvgIpc) is 3.13. The zero-order valence-corrected chi connectivity index (χ0v) is 16.2. The standard InChI is InChI=1S/C20H21N5OS/c1-14-7-5-8-15(2)19(14)25-20(21-22-23-25)27-13-18(26)24-12-6-10-16-9-3-4-11-17(16)24/h3-5,7-9,11H,6,10,12-13H2,1-2H3. The number of aromatic nitrogens is 4. The second-order valence-corrected chi connectivity index (χ2v) is 7.62. The van der Waals surface area contributed by atoms with Gasteiger partial charge in [0, 0.05) is 12.2 Å². The number of hydrogen-bond donors (Lipinski definition) is 0. The van der Waals surface area contributed by atoms with Crippen molar-refractivity contribution in [2.75, 3.05) is 17.2 Å². The van der Waals surface area contributed by atoms with E-state index in [4.69, 9.17) is 0 Å². The van der Waals surface area contributed by atoms with E-state index in [1.807, 2.05) is 55.1 Å². The van der Waals surface area contributed by atoms with Gasteiger partial charge in [-0.2, -0.15) is 4.68 Å². The molecule has 27 heavy (non-hydrogen) atoms. The predicted octanol–water partition coefficient (Wildman–Crippen LogP) is 3.35. The number of benzene rings is 2. The van der Waals surface area contributed by atoms with Crippen LogP contribution in [0.25, 0.3) is 5.69 Å². The zero-order valence-electron chi connectivity index (χ0n) is 15.4. The number of nitrogens with zero attached hydrogens (tertiary/aromatic N) is 5. The molecule has 0 N–H and O–H groups in total. The molecule has 4 rings (SSSR count). The molecule has 0 saturated carbocycles. The van der Waals surface area contributed by atoms with Gasteiger partial charge in [-0.1, -0.05) is 48.2 Å². The van der Waals surface area contributed by atoms with Gasteiger partial charge in [0.1, 0.15) is 0 Å². The van der Waals surface area contributed by atoms with Gasteiger partial charge < -0.3 is 4.90 Å². The molecule has 0 spiro atoms. The first kappa shape index (κ1) is 17.7. The number of carbonyl (C=O) groups excluding carboxylic acids is 1. The molecule has 0 aliphatic carbocycles. The molecular weight excluding hydrogens is 358 g/mol. The van der Waals surface area contributed by atoms with Crippen LogP contribution in [0.3, 0.4) is 0 Å². The molecule has 3 aromatic rings. The molecule has 2 heterocycles. The number of carbonyl (C=O) groups is 1. The highest BCUT2D eigenvalue weighted by Crippen LogP contribution is 2.28. The minimum Gasteiger partial charge on any atom is -0.311 e. The fourth-order valence-electron chi connectivity index (χ4n) is 3.55. The Bertz CT molecular complexity index is 964. The monoisotopic (exact) mass is 379 g/mol. The van der Waals surface area contributed by atoms with Crippen molar-refractivity contribution < 1.29 is 4.79 Å².